The molecular formula is C18H26N4O2S. The van der Waals surface area contributed by atoms with Gasteiger partial charge in [-0.15, -0.1) is 0 Å². The number of fused-ring (bicyclic) bond motifs is 1. The van der Waals surface area contributed by atoms with Gasteiger partial charge < -0.3 is 10.7 Å². The van der Waals surface area contributed by atoms with Gasteiger partial charge in [0.15, 0.2) is 0 Å². The first-order chi connectivity index (χ1) is 12.0. The topological polar surface area (TPSA) is 92.1 Å². The maximum Gasteiger partial charge on any atom is 0.214 e. The normalized spacial score (nSPS) is 26.4. The van der Waals surface area contributed by atoms with Crippen LogP contribution in [0.5, 0.6) is 0 Å². The van der Waals surface area contributed by atoms with E-state index in [2.05, 4.69) is 9.97 Å². The van der Waals surface area contributed by atoms with Crippen molar-refractivity contribution >= 4 is 21.1 Å². The van der Waals surface area contributed by atoms with Gasteiger partial charge in [-0.1, -0.05) is 12.1 Å². The standard InChI is InChI=1S/C18H26N4O2S/c19-15-6-5-13(11-15)12-25(23,24)22-9-7-14(8-10-22)18-20-16-3-1-2-4-17(16)21-18/h1-4,13-15H,5-12,19H2,(H,20,21)/t13-,15+/m0/s1. The van der Waals surface area contributed by atoms with Gasteiger partial charge >= 0.3 is 0 Å². The van der Waals surface area contributed by atoms with Crippen molar-refractivity contribution in [3.8, 4) is 0 Å². The Bertz CT molecular complexity index is 807. The lowest BCUT2D eigenvalue weighted by Crippen LogP contribution is -2.40. The number of benzene rings is 1. The molecule has 1 aliphatic heterocycles. The zero-order valence-corrected chi connectivity index (χ0v) is 15.2. The first-order valence-corrected chi connectivity index (χ1v) is 10.8. The molecule has 7 heteroatoms. The maximum absolute atomic E-state index is 12.7. The number of nitrogens with two attached hydrogens (primary N) is 1. The molecule has 0 amide bonds. The molecule has 0 radical (unpaired) electrons. The number of sulfonamides is 1. The Morgan fingerprint density at radius 1 is 1.16 bits per heavy atom. The molecular weight excluding hydrogens is 336 g/mol. The van der Waals surface area contributed by atoms with E-state index >= 15 is 0 Å². The summed E-state index contributed by atoms with van der Waals surface area (Å²) in [7, 11) is -3.17. The molecule has 25 heavy (non-hydrogen) atoms. The highest BCUT2D eigenvalue weighted by molar-refractivity contribution is 7.89. The SMILES string of the molecule is N[C@@H]1CC[C@H](CS(=O)(=O)N2CCC(c3nc4ccccc4[nH]3)CC2)C1. The van der Waals surface area contributed by atoms with E-state index in [1.54, 1.807) is 4.31 Å². The minimum Gasteiger partial charge on any atom is -0.342 e. The molecule has 136 valence electrons. The molecule has 6 nitrogen and oxygen atoms in total. The molecule has 2 aliphatic rings. The van der Waals surface area contributed by atoms with E-state index in [4.69, 9.17) is 5.73 Å². The molecule has 1 aromatic heterocycles. The van der Waals surface area contributed by atoms with Crippen molar-refractivity contribution in [3.05, 3.63) is 30.1 Å². The van der Waals surface area contributed by atoms with E-state index in [-0.39, 0.29) is 17.7 Å². The molecule has 4 rings (SSSR count). The summed E-state index contributed by atoms with van der Waals surface area (Å²) < 4.78 is 27.1. The molecule has 0 spiro atoms. The number of para-hydroxylation sites is 2. The minimum atomic E-state index is -3.17. The lowest BCUT2D eigenvalue weighted by atomic mass is 9.97. The van der Waals surface area contributed by atoms with Crippen molar-refractivity contribution in [1.29, 1.82) is 0 Å². The fourth-order valence-corrected chi connectivity index (χ4v) is 6.12. The molecule has 1 saturated carbocycles. The summed E-state index contributed by atoms with van der Waals surface area (Å²) in [5, 5.41) is 0. The number of rotatable bonds is 4. The van der Waals surface area contributed by atoms with Crippen LogP contribution in [0.25, 0.3) is 11.0 Å². The van der Waals surface area contributed by atoms with E-state index < -0.39 is 10.0 Å². The summed E-state index contributed by atoms with van der Waals surface area (Å²) in [6.45, 7) is 1.17. The number of piperidine rings is 1. The van der Waals surface area contributed by atoms with Crippen molar-refractivity contribution in [2.75, 3.05) is 18.8 Å². The molecule has 3 N–H and O–H groups in total. The quantitative estimate of drug-likeness (QED) is 0.872. The molecule has 2 atom stereocenters. The number of nitrogens with one attached hydrogen (secondary N) is 1. The van der Waals surface area contributed by atoms with Crippen LogP contribution in [0.15, 0.2) is 24.3 Å². The highest BCUT2D eigenvalue weighted by atomic mass is 32.2. The van der Waals surface area contributed by atoms with Gasteiger partial charge in [-0.2, -0.15) is 0 Å². The monoisotopic (exact) mass is 362 g/mol. The van der Waals surface area contributed by atoms with Crippen LogP contribution in [0.1, 0.15) is 43.8 Å². The molecule has 2 fully saturated rings. The van der Waals surface area contributed by atoms with Crippen LogP contribution in [0.2, 0.25) is 0 Å². The predicted molar refractivity (Wildman–Crippen MR) is 98.7 cm³/mol. The van der Waals surface area contributed by atoms with Crippen molar-refractivity contribution in [2.45, 2.75) is 44.1 Å². The summed E-state index contributed by atoms with van der Waals surface area (Å²) in [6.07, 6.45) is 4.38. The van der Waals surface area contributed by atoms with Gasteiger partial charge in [0.25, 0.3) is 0 Å². The van der Waals surface area contributed by atoms with Crippen LogP contribution in [0.4, 0.5) is 0 Å². The Labute approximate surface area is 148 Å². The number of hydrogen-bond acceptors (Lipinski definition) is 4. The number of imidazole rings is 1. The highest BCUT2D eigenvalue weighted by Gasteiger charge is 2.33. The average molecular weight is 362 g/mol. The Balaban J connectivity index is 1.39. The third kappa shape index (κ3) is 3.59. The van der Waals surface area contributed by atoms with Gasteiger partial charge in [0, 0.05) is 25.0 Å². The zero-order valence-electron chi connectivity index (χ0n) is 14.4. The summed E-state index contributed by atoms with van der Waals surface area (Å²) in [5.74, 6) is 1.78. The Kier molecular flexibility index (Phi) is 4.56. The van der Waals surface area contributed by atoms with Gasteiger partial charge in [0.1, 0.15) is 5.82 Å². The van der Waals surface area contributed by atoms with Crippen molar-refractivity contribution in [1.82, 2.24) is 14.3 Å². The Morgan fingerprint density at radius 2 is 1.92 bits per heavy atom. The van der Waals surface area contributed by atoms with Gasteiger partial charge in [-0.05, 0) is 50.2 Å². The lowest BCUT2D eigenvalue weighted by molar-refractivity contribution is 0.312. The second-order valence-corrected chi connectivity index (χ2v) is 9.54. The zero-order chi connectivity index (χ0) is 17.4. The molecule has 0 unspecified atom stereocenters. The summed E-state index contributed by atoms with van der Waals surface area (Å²) in [4.78, 5) is 8.07. The minimum absolute atomic E-state index is 0.180. The maximum atomic E-state index is 12.7. The average Bonchev–Trinajstić information content (AvgIpc) is 3.20. The van der Waals surface area contributed by atoms with Gasteiger partial charge in [0.2, 0.25) is 10.0 Å². The molecule has 1 saturated heterocycles. The van der Waals surface area contributed by atoms with Crippen LogP contribution in [0.3, 0.4) is 0 Å². The number of H-pyrrole nitrogens is 1. The fourth-order valence-electron chi connectivity index (χ4n) is 4.24. The van der Waals surface area contributed by atoms with Crippen LogP contribution in [-0.2, 0) is 10.0 Å². The third-order valence-electron chi connectivity index (χ3n) is 5.67. The van der Waals surface area contributed by atoms with Gasteiger partial charge in [0.05, 0.1) is 16.8 Å². The molecule has 2 aromatic rings. The van der Waals surface area contributed by atoms with Gasteiger partial charge in [-0.25, -0.2) is 17.7 Å². The molecule has 0 bridgehead atoms. The third-order valence-corrected chi connectivity index (χ3v) is 7.71. The summed E-state index contributed by atoms with van der Waals surface area (Å²) >= 11 is 0. The van der Waals surface area contributed by atoms with Crippen molar-refractivity contribution in [2.24, 2.45) is 11.7 Å². The smallest absolute Gasteiger partial charge is 0.214 e. The number of nitrogens with zero attached hydrogens (tertiary/aromatic N) is 2. The number of aromatic nitrogens is 2. The highest BCUT2D eigenvalue weighted by Crippen LogP contribution is 2.31. The van der Waals surface area contributed by atoms with E-state index in [1.165, 1.54) is 0 Å². The van der Waals surface area contributed by atoms with Crippen molar-refractivity contribution < 1.29 is 8.42 Å². The molecule has 1 aromatic carbocycles. The largest absolute Gasteiger partial charge is 0.342 e. The van der Waals surface area contributed by atoms with E-state index in [9.17, 15) is 8.42 Å². The second-order valence-electron chi connectivity index (χ2n) is 7.53. The molecule has 2 heterocycles. The fraction of sp³-hybridized carbons (Fsp3) is 0.611. The predicted octanol–water partition coefficient (Wildman–Crippen LogP) is 2.20. The number of hydrogen-bond donors (Lipinski definition) is 2. The van der Waals surface area contributed by atoms with E-state index in [0.29, 0.717) is 19.0 Å². The van der Waals surface area contributed by atoms with Crippen molar-refractivity contribution in [3.63, 3.8) is 0 Å². The molecule has 1 aliphatic carbocycles. The summed E-state index contributed by atoms with van der Waals surface area (Å²) in [6, 6.07) is 8.18. The first kappa shape index (κ1) is 17.0. The summed E-state index contributed by atoms with van der Waals surface area (Å²) in [5.41, 5.74) is 7.94. The van der Waals surface area contributed by atoms with E-state index in [0.717, 1.165) is 49.0 Å². The first-order valence-electron chi connectivity index (χ1n) is 9.19. The second kappa shape index (κ2) is 6.70. The van der Waals surface area contributed by atoms with Crippen LogP contribution < -0.4 is 5.73 Å². The van der Waals surface area contributed by atoms with E-state index in [1.807, 2.05) is 24.3 Å². The van der Waals surface area contributed by atoms with Crippen LogP contribution in [-0.4, -0.2) is 47.6 Å². The number of aromatic amines is 1. The Hall–Kier alpha value is -1.44. The lowest BCUT2D eigenvalue weighted by Gasteiger charge is -2.31. The van der Waals surface area contributed by atoms with Crippen LogP contribution >= 0.6 is 0 Å². The Morgan fingerprint density at radius 3 is 2.60 bits per heavy atom. The van der Waals surface area contributed by atoms with Crippen LogP contribution in [0, 0.1) is 5.92 Å². The van der Waals surface area contributed by atoms with Gasteiger partial charge in [-0.3, -0.25) is 0 Å².